The Bertz CT molecular complexity index is 687. The summed E-state index contributed by atoms with van der Waals surface area (Å²) in [5.41, 5.74) is 4.29. The molecule has 4 nitrogen and oxygen atoms in total. The van der Waals surface area contributed by atoms with Gasteiger partial charge < -0.3 is 10.6 Å². The number of hydrogen-bond donors (Lipinski definition) is 2. The fraction of sp³-hybridized carbons (Fsp3) is 0.294. The number of amides is 1. The summed E-state index contributed by atoms with van der Waals surface area (Å²) < 4.78 is 13.0. The Kier molecular flexibility index (Phi) is 4.44. The van der Waals surface area contributed by atoms with E-state index in [-0.39, 0.29) is 5.91 Å². The molecule has 0 saturated carbocycles. The van der Waals surface area contributed by atoms with Crippen molar-refractivity contribution in [1.82, 2.24) is 15.6 Å². The monoisotopic (exact) mass is 299 g/mol. The predicted molar refractivity (Wildman–Crippen MR) is 81.6 cm³/mol. The van der Waals surface area contributed by atoms with E-state index in [2.05, 4.69) is 21.7 Å². The van der Waals surface area contributed by atoms with Crippen molar-refractivity contribution in [2.45, 2.75) is 25.9 Å². The summed E-state index contributed by atoms with van der Waals surface area (Å²) in [6.07, 6.45) is 4.01. The first kappa shape index (κ1) is 14.7. The molecule has 2 N–H and O–H groups in total. The zero-order chi connectivity index (χ0) is 15.4. The normalized spacial score (nSPS) is 13.5. The van der Waals surface area contributed by atoms with E-state index in [0.717, 1.165) is 31.3 Å². The van der Waals surface area contributed by atoms with Gasteiger partial charge in [0.2, 0.25) is 5.91 Å². The zero-order valence-electron chi connectivity index (χ0n) is 12.2. The molecular weight excluding hydrogens is 281 g/mol. The minimum absolute atomic E-state index is 0.0591. The number of rotatable bonds is 4. The summed E-state index contributed by atoms with van der Waals surface area (Å²) in [5, 5.41) is 6.15. The van der Waals surface area contributed by atoms with Crippen molar-refractivity contribution in [1.29, 1.82) is 0 Å². The average molecular weight is 299 g/mol. The van der Waals surface area contributed by atoms with Gasteiger partial charge in [0.05, 0.1) is 12.6 Å². The van der Waals surface area contributed by atoms with Crippen LogP contribution in [0.25, 0.3) is 0 Å². The van der Waals surface area contributed by atoms with Gasteiger partial charge in [0.1, 0.15) is 5.82 Å². The van der Waals surface area contributed by atoms with Gasteiger partial charge in [-0.15, -0.1) is 0 Å². The maximum absolute atomic E-state index is 13.0. The Balaban J connectivity index is 1.62. The molecule has 0 fully saturated rings. The molecule has 1 aliphatic rings. The molecule has 1 aromatic carbocycles. The van der Waals surface area contributed by atoms with Crippen LogP contribution >= 0.6 is 0 Å². The van der Waals surface area contributed by atoms with Crippen LogP contribution in [0.1, 0.15) is 22.3 Å². The lowest BCUT2D eigenvalue weighted by Gasteiger charge is -2.20. The van der Waals surface area contributed by atoms with Crippen molar-refractivity contribution in [3.63, 3.8) is 0 Å². The molecule has 5 heteroatoms. The molecule has 2 heterocycles. The second-order valence-corrected chi connectivity index (χ2v) is 5.45. The van der Waals surface area contributed by atoms with Crippen molar-refractivity contribution in [3.8, 4) is 0 Å². The Morgan fingerprint density at radius 3 is 3.14 bits per heavy atom. The Morgan fingerprint density at radius 1 is 1.36 bits per heavy atom. The topological polar surface area (TPSA) is 54.0 Å². The highest BCUT2D eigenvalue weighted by atomic mass is 19.1. The number of benzene rings is 1. The number of carbonyl (C=O) groups excluding carboxylic acids is 1. The van der Waals surface area contributed by atoms with Gasteiger partial charge in [-0.1, -0.05) is 18.2 Å². The molecule has 1 amide bonds. The standard InChI is InChI=1S/C17H18FN3O/c18-15-6-12(8-20-11-15)9-21-17(22)7-13-2-1-3-14-10-19-5-4-16(13)14/h1-3,6,8,11,19H,4-5,7,9-10H2,(H,21,22). The SMILES string of the molecule is O=C(Cc1cccc2c1CCNC2)NCc1cncc(F)c1. The van der Waals surface area contributed by atoms with Crippen molar-refractivity contribution in [2.75, 3.05) is 6.54 Å². The van der Waals surface area contributed by atoms with Crippen LogP contribution in [0.2, 0.25) is 0 Å². The van der Waals surface area contributed by atoms with Crippen LogP contribution in [0.15, 0.2) is 36.7 Å². The molecule has 3 rings (SSSR count). The first-order chi connectivity index (χ1) is 10.7. The summed E-state index contributed by atoms with van der Waals surface area (Å²) in [4.78, 5) is 15.9. The minimum atomic E-state index is -0.392. The van der Waals surface area contributed by atoms with Crippen molar-refractivity contribution in [2.24, 2.45) is 0 Å². The van der Waals surface area contributed by atoms with E-state index in [9.17, 15) is 9.18 Å². The molecule has 0 aliphatic carbocycles. The van der Waals surface area contributed by atoms with Crippen LogP contribution in [-0.2, 0) is 30.7 Å². The number of fused-ring (bicyclic) bond motifs is 1. The van der Waals surface area contributed by atoms with Crippen molar-refractivity contribution in [3.05, 3.63) is 64.7 Å². The summed E-state index contributed by atoms with van der Waals surface area (Å²) in [7, 11) is 0. The Morgan fingerprint density at radius 2 is 2.27 bits per heavy atom. The number of hydrogen-bond acceptors (Lipinski definition) is 3. The van der Waals surface area contributed by atoms with Crippen LogP contribution in [0.3, 0.4) is 0 Å². The molecule has 1 aliphatic heterocycles. The minimum Gasteiger partial charge on any atom is -0.352 e. The fourth-order valence-electron chi connectivity index (χ4n) is 2.77. The molecule has 22 heavy (non-hydrogen) atoms. The molecule has 0 bridgehead atoms. The fourth-order valence-corrected chi connectivity index (χ4v) is 2.77. The average Bonchev–Trinajstić information content (AvgIpc) is 2.53. The van der Waals surface area contributed by atoms with Gasteiger partial charge in [-0.3, -0.25) is 9.78 Å². The summed E-state index contributed by atoms with van der Waals surface area (Å²) in [6, 6.07) is 7.48. The highest BCUT2D eigenvalue weighted by Crippen LogP contribution is 2.19. The van der Waals surface area contributed by atoms with E-state index < -0.39 is 5.82 Å². The Labute approximate surface area is 128 Å². The molecule has 2 aromatic rings. The van der Waals surface area contributed by atoms with Gasteiger partial charge in [-0.2, -0.15) is 0 Å². The zero-order valence-corrected chi connectivity index (χ0v) is 12.2. The highest BCUT2D eigenvalue weighted by Gasteiger charge is 2.14. The number of carbonyl (C=O) groups is 1. The number of nitrogens with one attached hydrogen (secondary N) is 2. The third-order valence-electron chi connectivity index (χ3n) is 3.84. The van der Waals surface area contributed by atoms with E-state index in [1.807, 2.05) is 12.1 Å². The van der Waals surface area contributed by atoms with Gasteiger partial charge >= 0.3 is 0 Å². The summed E-state index contributed by atoms with van der Waals surface area (Å²) >= 11 is 0. The number of pyridine rings is 1. The maximum atomic E-state index is 13.0. The van der Waals surface area contributed by atoms with Crippen LogP contribution in [-0.4, -0.2) is 17.4 Å². The maximum Gasteiger partial charge on any atom is 0.224 e. The second kappa shape index (κ2) is 6.66. The molecule has 0 unspecified atom stereocenters. The van der Waals surface area contributed by atoms with Gasteiger partial charge in [0.25, 0.3) is 0 Å². The molecule has 114 valence electrons. The predicted octanol–water partition coefficient (Wildman–Crippen LogP) is 1.73. The van der Waals surface area contributed by atoms with Crippen molar-refractivity contribution >= 4 is 5.91 Å². The molecule has 0 saturated heterocycles. The summed E-state index contributed by atoms with van der Waals surface area (Å²) in [6.45, 7) is 2.10. The number of halogens is 1. The highest BCUT2D eigenvalue weighted by molar-refractivity contribution is 5.79. The second-order valence-electron chi connectivity index (χ2n) is 5.45. The lowest BCUT2D eigenvalue weighted by molar-refractivity contribution is -0.120. The first-order valence-electron chi connectivity index (χ1n) is 7.39. The smallest absolute Gasteiger partial charge is 0.224 e. The van der Waals surface area contributed by atoms with Gasteiger partial charge in [-0.25, -0.2) is 4.39 Å². The van der Waals surface area contributed by atoms with Crippen molar-refractivity contribution < 1.29 is 9.18 Å². The molecule has 0 radical (unpaired) electrons. The molecule has 0 spiro atoms. The van der Waals surface area contributed by atoms with Crippen LogP contribution < -0.4 is 10.6 Å². The van der Waals surface area contributed by atoms with E-state index >= 15 is 0 Å². The van der Waals surface area contributed by atoms with E-state index in [1.54, 1.807) is 6.20 Å². The largest absolute Gasteiger partial charge is 0.352 e. The molecule has 0 atom stereocenters. The lowest BCUT2D eigenvalue weighted by Crippen LogP contribution is -2.28. The quantitative estimate of drug-likeness (QED) is 0.904. The van der Waals surface area contributed by atoms with Crippen LogP contribution in [0.4, 0.5) is 4.39 Å². The number of aromatic nitrogens is 1. The summed E-state index contributed by atoms with van der Waals surface area (Å²) in [5.74, 6) is -0.451. The van der Waals surface area contributed by atoms with Gasteiger partial charge in [0, 0.05) is 19.3 Å². The molecular formula is C17H18FN3O. The number of nitrogens with zero attached hydrogens (tertiary/aromatic N) is 1. The van der Waals surface area contributed by atoms with Crippen LogP contribution in [0, 0.1) is 5.82 Å². The van der Waals surface area contributed by atoms with E-state index in [0.29, 0.717) is 18.5 Å². The van der Waals surface area contributed by atoms with Crippen LogP contribution in [0.5, 0.6) is 0 Å². The Hall–Kier alpha value is -2.27. The molecule has 1 aromatic heterocycles. The first-order valence-corrected chi connectivity index (χ1v) is 7.39. The van der Waals surface area contributed by atoms with E-state index in [1.165, 1.54) is 17.2 Å². The van der Waals surface area contributed by atoms with E-state index in [4.69, 9.17) is 0 Å². The third-order valence-corrected chi connectivity index (χ3v) is 3.84. The van der Waals surface area contributed by atoms with Gasteiger partial charge in [0.15, 0.2) is 0 Å². The van der Waals surface area contributed by atoms with Gasteiger partial charge in [-0.05, 0) is 41.3 Å². The third kappa shape index (κ3) is 3.49. The lowest BCUT2D eigenvalue weighted by atomic mass is 9.94.